The number of nitrogens with zero attached hydrogens (tertiary/aromatic N) is 2. The van der Waals surface area contributed by atoms with E-state index >= 15 is 0 Å². The van der Waals surface area contributed by atoms with E-state index in [1.165, 1.54) is 6.33 Å². The topological polar surface area (TPSA) is 73.3 Å². The molecule has 0 saturated carbocycles. The molecule has 0 unspecified atom stereocenters. The minimum absolute atomic E-state index is 0.112. The first-order chi connectivity index (χ1) is 9.76. The van der Waals surface area contributed by atoms with Crippen molar-refractivity contribution in [3.05, 3.63) is 35.9 Å². The fraction of sp³-hybridized carbons (Fsp3) is 0.214. The second-order valence-corrected chi connectivity index (χ2v) is 4.32. The molecule has 20 heavy (non-hydrogen) atoms. The van der Waals surface area contributed by atoms with Crippen LogP contribution in [-0.4, -0.2) is 30.1 Å². The van der Waals surface area contributed by atoms with Crippen molar-refractivity contribution in [1.29, 1.82) is 0 Å². The predicted molar refractivity (Wildman–Crippen MR) is 71.7 cm³/mol. The first kappa shape index (κ1) is 12.4. The molecule has 1 amide bonds. The normalized spacial score (nSPS) is 12.8. The van der Waals surface area contributed by atoms with Gasteiger partial charge in [-0.15, -0.1) is 0 Å². The van der Waals surface area contributed by atoms with Crippen molar-refractivity contribution in [2.45, 2.75) is 6.54 Å². The van der Waals surface area contributed by atoms with Crippen LogP contribution < -0.4 is 14.8 Å². The number of fused-ring (bicyclic) bond motifs is 1. The molecule has 102 valence electrons. The van der Waals surface area contributed by atoms with Crippen LogP contribution in [0, 0.1) is 0 Å². The number of amides is 1. The van der Waals surface area contributed by atoms with Gasteiger partial charge in [0, 0.05) is 35.6 Å². The zero-order valence-corrected chi connectivity index (χ0v) is 11.1. The molecule has 0 radical (unpaired) electrons. The van der Waals surface area contributed by atoms with Crippen molar-refractivity contribution in [2.24, 2.45) is 0 Å². The highest BCUT2D eigenvalue weighted by Crippen LogP contribution is 2.43. The van der Waals surface area contributed by atoms with E-state index in [4.69, 9.17) is 9.47 Å². The van der Waals surface area contributed by atoms with E-state index in [1.54, 1.807) is 32.7 Å². The SMILES string of the molecule is COc1cc2c(c(-c3cncnc3)c1OC)CNC2=O. The third-order valence-corrected chi connectivity index (χ3v) is 3.30. The van der Waals surface area contributed by atoms with Crippen LogP contribution in [0.15, 0.2) is 24.8 Å². The summed E-state index contributed by atoms with van der Waals surface area (Å²) in [5, 5.41) is 2.81. The highest BCUT2D eigenvalue weighted by Gasteiger charge is 2.28. The minimum Gasteiger partial charge on any atom is -0.493 e. The Morgan fingerprint density at radius 2 is 1.95 bits per heavy atom. The molecule has 1 aromatic carbocycles. The van der Waals surface area contributed by atoms with E-state index in [2.05, 4.69) is 15.3 Å². The number of aromatic nitrogens is 2. The third-order valence-electron chi connectivity index (χ3n) is 3.30. The van der Waals surface area contributed by atoms with Gasteiger partial charge in [0.15, 0.2) is 11.5 Å². The van der Waals surface area contributed by atoms with E-state index in [-0.39, 0.29) is 5.91 Å². The van der Waals surface area contributed by atoms with Gasteiger partial charge in [-0.1, -0.05) is 0 Å². The highest BCUT2D eigenvalue weighted by molar-refractivity contribution is 6.02. The Balaban J connectivity index is 2.34. The van der Waals surface area contributed by atoms with Gasteiger partial charge in [-0.25, -0.2) is 9.97 Å². The lowest BCUT2D eigenvalue weighted by atomic mass is 9.97. The maximum absolute atomic E-state index is 11.9. The molecule has 0 fully saturated rings. The van der Waals surface area contributed by atoms with E-state index in [9.17, 15) is 4.79 Å². The summed E-state index contributed by atoms with van der Waals surface area (Å²) in [4.78, 5) is 19.9. The van der Waals surface area contributed by atoms with Gasteiger partial charge in [0.05, 0.1) is 14.2 Å². The van der Waals surface area contributed by atoms with Crippen LogP contribution in [0.3, 0.4) is 0 Å². The van der Waals surface area contributed by atoms with Gasteiger partial charge in [-0.3, -0.25) is 4.79 Å². The molecule has 1 aliphatic heterocycles. The number of methoxy groups -OCH3 is 2. The van der Waals surface area contributed by atoms with Gasteiger partial charge < -0.3 is 14.8 Å². The van der Waals surface area contributed by atoms with Gasteiger partial charge in [0.1, 0.15) is 6.33 Å². The molecule has 6 heteroatoms. The minimum atomic E-state index is -0.112. The number of hydrogen-bond acceptors (Lipinski definition) is 5. The third kappa shape index (κ3) is 1.77. The Kier molecular flexibility index (Phi) is 2.98. The van der Waals surface area contributed by atoms with Crippen molar-refractivity contribution in [3.8, 4) is 22.6 Å². The van der Waals surface area contributed by atoms with Gasteiger partial charge in [-0.2, -0.15) is 0 Å². The Hall–Kier alpha value is -2.63. The van der Waals surface area contributed by atoms with Crippen LogP contribution in [0.2, 0.25) is 0 Å². The number of carbonyl (C=O) groups excluding carboxylic acids is 1. The molecule has 2 aromatic rings. The molecule has 0 bridgehead atoms. The zero-order valence-electron chi connectivity index (χ0n) is 11.1. The summed E-state index contributed by atoms with van der Waals surface area (Å²) in [5.74, 6) is 0.985. The molecule has 6 nitrogen and oxygen atoms in total. The quantitative estimate of drug-likeness (QED) is 0.913. The van der Waals surface area contributed by atoms with Crippen molar-refractivity contribution in [3.63, 3.8) is 0 Å². The molecule has 3 rings (SSSR count). The fourth-order valence-electron chi connectivity index (χ4n) is 2.42. The Labute approximate surface area is 115 Å². The van der Waals surface area contributed by atoms with Crippen LogP contribution in [0.1, 0.15) is 15.9 Å². The van der Waals surface area contributed by atoms with Crippen LogP contribution in [0.5, 0.6) is 11.5 Å². The molecule has 1 N–H and O–H groups in total. The van der Waals surface area contributed by atoms with Gasteiger partial charge in [-0.05, 0) is 11.6 Å². The maximum atomic E-state index is 11.9. The Morgan fingerprint density at radius 1 is 1.20 bits per heavy atom. The molecule has 0 spiro atoms. The zero-order chi connectivity index (χ0) is 14.1. The monoisotopic (exact) mass is 271 g/mol. The highest BCUT2D eigenvalue weighted by atomic mass is 16.5. The van der Waals surface area contributed by atoms with E-state index in [1.807, 2.05) is 0 Å². The lowest BCUT2D eigenvalue weighted by Gasteiger charge is -2.16. The Morgan fingerprint density at radius 3 is 2.60 bits per heavy atom. The predicted octanol–water partition coefficient (Wildman–Crippen LogP) is 1.40. The smallest absolute Gasteiger partial charge is 0.252 e. The second kappa shape index (κ2) is 4.80. The summed E-state index contributed by atoms with van der Waals surface area (Å²) in [6.45, 7) is 0.457. The van der Waals surface area contributed by atoms with Crippen molar-refractivity contribution in [2.75, 3.05) is 14.2 Å². The summed E-state index contributed by atoms with van der Waals surface area (Å²) in [6.07, 6.45) is 4.83. The summed E-state index contributed by atoms with van der Waals surface area (Å²) < 4.78 is 10.8. The summed E-state index contributed by atoms with van der Waals surface area (Å²) in [6, 6.07) is 1.70. The van der Waals surface area contributed by atoms with Gasteiger partial charge in [0.2, 0.25) is 0 Å². The van der Waals surface area contributed by atoms with Crippen LogP contribution >= 0.6 is 0 Å². The lowest BCUT2D eigenvalue weighted by molar-refractivity contribution is 0.0965. The van der Waals surface area contributed by atoms with Crippen LogP contribution in [0.25, 0.3) is 11.1 Å². The number of rotatable bonds is 3. The molecular formula is C14H13N3O3. The molecule has 0 atom stereocenters. The van der Waals surface area contributed by atoms with Crippen molar-refractivity contribution < 1.29 is 14.3 Å². The Bertz CT molecular complexity index is 671. The molecule has 1 aromatic heterocycles. The van der Waals surface area contributed by atoms with Gasteiger partial charge >= 0.3 is 0 Å². The maximum Gasteiger partial charge on any atom is 0.252 e. The van der Waals surface area contributed by atoms with E-state index in [0.29, 0.717) is 23.6 Å². The van der Waals surface area contributed by atoms with E-state index in [0.717, 1.165) is 16.7 Å². The van der Waals surface area contributed by atoms with Crippen LogP contribution in [-0.2, 0) is 6.54 Å². The number of carbonyl (C=O) groups is 1. The largest absolute Gasteiger partial charge is 0.493 e. The molecule has 0 aliphatic carbocycles. The first-order valence-electron chi connectivity index (χ1n) is 6.07. The average Bonchev–Trinajstić information content (AvgIpc) is 2.87. The molecular weight excluding hydrogens is 258 g/mol. The number of benzene rings is 1. The molecule has 2 heterocycles. The number of hydrogen-bond donors (Lipinski definition) is 1. The lowest BCUT2D eigenvalue weighted by Crippen LogP contribution is -2.12. The first-order valence-corrected chi connectivity index (χ1v) is 6.07. The molecule has 1 aliphatic rings. The second-order valence-electron chi connectivity index (χ2n) is 4.32. The standard InChI is InChI=1S/C14H13N3O3/c1-19-11-3-9-10(6-17-14(9)18)12(13(11)20-2)8-4-15-7-16-5-8/h3-5,7H,6H2,1-2H3,(H,17,18). The van der Waals surface area contributed by atoms with Crippen LogP contribution in [0.4, 0.5) is 0 Å². The summed E-state index contributed by atoms with van der Waals surface area (Å²) in [5.41, 5.74) is 3.06. The van der Waals surface area contributed by atoms with E-state index < -0.39 is 0 Å². The summed E-state index contributed by atoms with van der Waals surface area (Å²) in [7, 11) is 3.12. The van der Waals surface area contributed by atoms with Crippen molar-refractivity contribution >= 4 is 5.91 Å². The van der Waals surface area contributed by atoms with Gasteiger partial charge in [0.25, 0.3) is 5.91 Å². The summed E-state index contributed by atoms with van der Waals surface area (Å²) >= 11 is 0. The fourth-order valence-corrected chi connectivity index (χ4v) is 2.42. The molecule has 0 saturated heterocycles. The number of ether oxygens (including phenoxy) is 2. The average molecular weight is 271 g/mol. The number of nitrogens with one attached hydrogen (secondary N) is 1. The van der Waals surface area contributed by atoms with Crippen molar-refractivity contribution in [1.82, 2.24) is 15.3 Å².